The summed E-state index contributed by atoms with van der Waals surface area (Å²) < 4.78 is 22.5. The van der Waals surface area contributed by atoms with Crippen LogP contribution in [0.2, 0.25) is 0 Å². The highest BCUT2D eigenvalue weighted by molar-refractivity contribution is 7.91. The van der Waals surface area contributed by atoms with E-state index < -0.39 is 21.2 Å². The lowest BCUT2D eigenvalue weighted by atomic mass is 10.2. The molecule has 0 saturated heterocycles. The molecule has 0 saturated carbocycles. The van der Waals surface area contributed by atoms with Gasteiger partial charge >= 0.3 is 0 Å². The molecule has 1 aromatic rings. The van der Waals surface area contributed by atoms with E-state index >= 15 is 0 Å². The molecule has 0 aliphatic heterocycles. The van der Waals surface area contributed by atoms with Crippen LogP contribution in [0.5, 0.6) is 0 Å². The number of hydrogen-bond acceptors (Lipinski definition) is 5. The maximum Gasteiger partial charge on any atom is 0.152 e. The van der Waals surface area contributed by atoms with E-state index in [1.807, 2.05) is 13.8 Å². The van der Waals surface area contributed by atoms with Crippen LogP contribution < -0.4 is 0 Å². The third-order valence-corrected chi connectivity index (χ3v) is 5.43. The summed E-state index contributed by atoms with van der Waals surface area (Å²) in [6.45, 7) is 5.39. The molecule has 1 aromatic heterocycles. The largest absolute Gasteiger partial charge is 0.391 e. The molecule has 2 atom stereocenters. The highest BCUT2D eigenvalue weighted by Crippen LogP contribution is 2.19. The first kappa shape index (κ1) is 13.6. The maximum atomic E-state index is 11.3. The first-order valence-corrected chi connectivity index (χ1v) is 7.78. The zero-order chi connectivity index (χ0) is 12.5. The number of hydrogen-bond donors (Lipinski definition) is 1. The van der Waals surface area contributed by atoms with Gasteiger partial charge in [-0.25, -0.2) is 13.4 Å². The summed E-state index contributed by atoms with van der Waals surface area (Å²) in [4.78, 5) is 5.38. The fourth-order valence-electron chi connectivity index (χ4n) is 1.26. The number of sulfone groups is 1. The van der Waals surface area contributed by atoms with Gasteiger partial charge in [0.15, 0.2) is 9.84 Å². The third-order valence-electron chi connectivity index (χ3n) is 2.67. The molecule has 0 aromatic carbocycles. The van der Waals surface area contributed by atoms with Crippen LogP contribution in [-0.2, 0) is 16.3 Å². The van der Waals surface area contributed by atoms with Crippen molar-refractivity contribution in [2.24, 2.45) is 0 Å². The van der Waals surface area contributed by atoms with E-state index in [0.717, 1.165) is 21.8 Å². The second-order valence-corrected chi connectivity index (χ2v) is 7.75. The molecule has 2 unspecified atom stereocenters. The molecule has 6 heteroatoms. The summed E-state index contributed by atoms with van der Waals surface area (Å²) in [5.74, 6) is 0. The monoisotopic (exact) mass is 263 g/mol. The van der Waals surface area contributed by atoms with Crippen molar-refractivity contribution in [3.05, 3.63) is 15.6 Å². The number of rotatable bonds is 4. The Morgan fingerprint density at radius 3 is 2.38 bits per heavy atom. The van der Waals surface area contributed by atoms with Crippen molar-refractivity contribution in [2.75, 3.05) is 6.26 Å². The molecule has 1 heterocycles. The van der Waals surface area contributed by atoms with Gasteiger partial charge < -0.3 is 5.11 Å². The zero-order valence-electron chi connectivity index (χ0n) is 9.89. The van der Waals surface area contributed by atoms with Crippen molar-refractivity contribution in [3.63, 3.8) is 0 Å². The van der Waals surface area contributed by atoms with E-state index in [1.54, 1.807) is 0 Å². The Labute approximate surface area is 100 Å². The Morgan fingerprint density at radius 1 is 1.44 bits per heavy atom. The van der Waals surface area contributed by atoms with Gasteiger partial charge in [-0.3, -0.25) is 0 Å². The van der Waals surface area contributed by atoms with Gasteiger partial charge in [0.25, 0.3) is 0 Å². The van der Waals surface area contributed by atoms with Crippen molar-refractivity contribution in [2.45, 2.75) is 38.5 Å². The highest BCUT2D eigenvalue weighted by atomic mass is 32.2. The average Bonchev–Trinajstić information content (AvgIpc) is 2.43. The second-order valence-electron chi connectivity index (χ2n) is 4.06. The molecule has 4 nitrogen and oxygen atoms in total. The van der Waals surface area contributed by atoms with Crippen molar-refractivity contribution >= 4 is 21.2 Å². The summed E-state index contributed by atoms with van der Waals surface area (Å²) in [5, 5.41) is 9.83. The van der Waals surface area contributed by atoms with Gasteiger partial charge in [0.2, 0.25) is 0 Å². The molecule has 1 rings (SSSR count). The second kappa shape index (κ2) is 4.81. The summed E-state index contributed by atoms with van der Waals surface area (Å²) in [7, 11) is -3.20. The van der Waals surface area contributed by atoms with E-state index in [1.165, 1.54) is 18.3 Å². The van der Waals surface area contributed by atoms with Gasteiger partial charge in [-0.15, -0.1) is 11.3 Å². The predicted molar refractivity (Wildman–Crippen MR) is 65.6 cm³/mol. The lowest BCUT2D eigenvalue weighted by molar-refractivity contribution is 0.173. The number of aromatic nitrogens is 1. The molecule has 0 amide bonds. The van der Waals surface area contributed by atoms with Crippen molar-refractivity contribution in [1.29, 1.82) is 0 Å². The van der Waals surface area contributed by atoms with Crippen LogP contribution in [0.1, 0.15) is 22.5 Å². The van der Waals surface area contributed by atoms with E-state index in [-0.39, 0.29) is 0 Å². The zero-order valence-corrected chi connectivity index (χ0v) is 11.5. The molecular weight excluding hydrogens is 246 g/mol. The molecule has 1 N–H and O–H groups in total. The summed E-state index contributed by atoms with van der Waals surface area (Å²) in [6, 6.07) is 0. The first-order chi connectivity index (χ1) is 7.21. The highest BCUT2D eigenvalue weighted by Gasteiger charge is 2.25. The maximum absolute atomic E-state index is 11.3. The molecule has 0 aliphatic carbocycles. The predicted octanol–water partition coefficient (Wildman–Crippen LogP) is 1.10. The summed E-state index contributed by atoms with van der Waals surface area (Å²) in [6.07, 6.45) is 0.548. The fraction of sp³-hybridized carbons (Fsp3) is 0.700. The molecule has 0 aliphatic rings. The van der Waals surface area contributed by atoms with Crippen LogP contribution in [0.25, 0.3) is 0 Å². The van der Waals surface area contributed by atoms with E-state index in [4.69, 9.17) is 0 Å². The number of nitrogens with zero attached hydrogens (tertiary/aromatic N) is 1. The van der Waals surface area contributed by atoms with Crippen LogP contribution in [0.4, 0.5) is 0 Å². The molecule has 16 heavy (non-hydrogen) atoms. The number of aliphatic hydroxyl groups is 1. The Bertz CT molecular complexity index is 445. The minimum atomic E-state index is -3.20. The first-order valence-electron chi connectivity index (χ1n) is 5.01. The van der Waals surface area contributed by atoms with Crippen LogP contribution in [0, 0.1) is 13.8 Å². The van der Waals surface area contributed by atoms with Gasteiger partial charge in [0.1, 0.15) is 0 Å². The molecule has 0 bridgehead atoms. The third kappa shape index (κ3) is 3.26. The van der Waals surface area contributed by atoms with Gasteiger partial charge in [-0.05, 0) is 20.8 Å². The Morgan fingerprint density at radius 2 is 2.00 bits per heavy atom. The minimum absolute atomic E-state index is 0.299. The van der Waals surface area contributed by atoms with Crippen molar-refractivity contribution in [3.8, 4) is 0 Å². The van der Waals surface area contributed by atoms with Crippen molar-refractivity contribution < 1.29 is 13.5 Å². The van der Waals surface area contributed by atoms with Crippen molar-refractivity contribution in [1.82, 2.24) is 4.98 Å². The molecule has 0 fully saturated rings. The lowest BCUT2D eigenvalue weighted by Crippen LogP contribution is -2.32. The normalized spacial score (nSPS) is 16.1. The SMILES string of the molecule is Cc1nc(CC(O)C(C)S(C)(=O)=O)sc1C. The van der Waals surface area contributed by atoms with Gasteiger partial charge in [-0.2, -0.15) is 0 Å². The number of aryl methyl sites for hydroxylation is 2. The Hall–Kier alpha value is -0.460. The number of aliphatic hydroxyl groups excluding tert-OH is 1. The lowest BCUT2D eigenvalue weighted by Gasteiger charge is -2.15. The summed E-state index contributed by atoms with van der Waals surface area (Å²) >= 11 is 1.50. The topological polar surface area (TPSA) is 67.3 Å². The molecule has 92 valence electrons. The number of thiazole rings is 1. The van der Waals surface area contributed by atoms with E-state index in [9.17, 15) is 13.5 Å². The standard InChI is InChI=1S/C10H17NO3S2/c1-6-7(2)15-10(11-6)5-9(12)8(3)16(4,13)14/h8-9,12H,5H2,1-4H3. The van der Waals surface area contributed by atoms with Crippen LogP contribution in [0.3, 0.4) is 0 Å². The van der Waals surface area contributed by atoms with E-state index in [0.29, 0.717) is 6.42 Å². The van der Waals surface area contributed by atoms with Gasteiger partial charge in [-0.1, -0.05) is 0 Å². The Balaban J connectivity index is 2.75. The van der Waals surface area contributed by atoms with Crippen LogP contribution in [0.15, 0.2) is 0 Å². The molecule has 0 radical (unpaired) electrons. The van der Waals surface area contributed by atoms with Gasteiger partial charge in [0, 0.05) is 17.6 Å². The molecular formula is C10H17NO3S2. The minimum Gasteiger partial charge on any atom is -0.391 e. The van der Waals surface area contributed by atoms with Crippen LogP contribution >= 0.6 is 11.3 Å². The fourth-order valence-corrected chi connectivity index (χ4v) is 2.91. The van der Waals surface area contributed by atoms with E-state index in [2.05, 4.69) is 4.98 Å². The Kier molecular flexibility index (Phi) is 4.09. The quantitative estimate of drug-likeness (QED) is 0.883. The smallest absolute Gasteiger partial charge is 0.152 e. The summed E-state index contributed by atoms with van der Waals surface area (Å²) in [5.41, 5.74) is 0.944. The van der Waals surface area contributed by atoms with Gasteiger partial charge in [0.05, 0.1) is 22.1 Å². The van der Waals surface area contributed by atoms with Crippen LogP contribution in [-0.4, -0.2) is 36.1 Å². The molecule has 0 spiro atoms. The average molecular weight is 263 g/mol.